The summed E-state index contributed by atoms with van der Waals surface area (Å²) in [6.07, 6.45) is 0.664. The van der Waals surface area contributed by atoms with Gasteiger partial charge < -0.3 is 10.1 Å². The summed E-state index contributed by atoms with van der Waals surface area (Å²) < 4.78 is 32.4. The van der Waals surface area contributed by atoms with E-state index in [2.05, 4.69) is 10.3 Å². The van der Waals surface area contributed by atoms with E-state index in [1.54, 1.807) is 6.92 Å². The molecule has 1 aliphatic heterocycles. The number of rotatable bonds is 3. The zero-order chi connectivity index (χ0) is 16.4. The van der Waals surface area contributed by atoms with E-state index in [0.29, 0.717) is 24.2 Å². The fourth-order valence-electron chi connectivity index (χ4n) is 2.73. The van der Waals surface area contributed by atoms with Crippen LogP contribution >= 0.6 is 0 Å². The highest BCUT2D eigenvalue weighted by molar-refractivity contribution is 5.89. The Morgan fingerprint density at radius 2 is 2.13 bits per heavy atom. The molecule has 2 heterocycles. The lowest BCUT2D eigenvalue weighted by Crippen LogP contribution is -2.26. The number of carbonyl (C=O) groups excluding carboxylic acids is 1. The molecule has 0 spiro atoms. The van der Waals surface area contributed by atoms with Crippen molar-refractivity contribution in [1.29, 1.82) is 0 Å². The molecule has 1 aromatic carbocycles. The Hall–Kier alpha value is -2.34. The number of hydrogen-bond acceptors (Lipinski definition) is 4. The molecule has 2 aromatic rings. The van der Waals surface area contributed by atoms with Crippen molar-refractivity contribution in [3.63, 3.8) is 0 Å². The van der Waals surface area contributed by atoms with Crippen LogP contribution in [0.2, 0.25) is 0 Å². The zero-order valence-corrected chi connectivity index (χ0v) is 12.7. The molecule has 3 rings (SSSR count). The maximum Gasteiger partial charge on any atom is 0.356 e. The van der Waals surface area contributed by atoms with Gasteiger partial charge in [-0.3, -0.25) is 0 Å². The average molecular weight is 318 g/mol. The summed E-state index contributed by atoms with van der Waals surface area (Å²) in [5, 5.41) is 3.17. The van der Waals surface area contributed by atoms with Crippen LogP contribution < -0.4 is 5.32 Å². The van der Waals surface area contributed by atoms with Crippen LogP contribution in [0.1, 0.15) is 28.7 Å². The predicted molar refractivity (Wildman–Crippen MR) is 81.0 cm³/mol. The molecule has 0 radical (unpaired) electrons. The second-order valence-electron chi connectivity index (χ2n) is 5.25. The summed E-state index contributed by atoms with van der Waals surface area (Å²) in [7, 11) is 0. The number of benzene rings is 1. The molecule has 1 N–H and O–H groups in total. The highest BCUT2D eigenvalue weighted by Crippen LogP contribution is 2.31. The normalized spacial score (nSPS) is 13.5. The number of nitrogens with zero attached hydrogens (tertiary/aromatic N) is 1. The van der Waals surface area contributed by atoms with Gasteiger partial charge in [0.25, 0.3) is 0 Å². The number of hydrogen-bond donors (Lipinski definition) is 1. The van der Waals surface area contributed by atoms with Gasteiger partial charge in [-0.05, 0) is 49.2 Å². The summed E-state index contributed by atoms with van der Waals surface area (Å²) in [5.41, 5.74) is 2.53. The van der Waals surface area contributed by atoms with Crippen LogP contribution in [0, 0.1) is 11.6 Å². The second kappa shape index (κ2) is 6.42. The van der Waals surface area contributed by atoms with Crippen molar-refractivity contribution >= 4 is 5.97 Å². The Labute approximate surface area is 132 Å². The lowest BCUT2D eigenvalue weighted by molar-refractivity contribution is 0.0519. The first kappa shape index (κ1) is 15.6. The van der Waals surface area contributed by atoms with E-state index < -0.39 is 17.6 Å². The van der Waals surface area contributed by atoms with Crippen LogP contribution in [-0.2, 0) is 17.7 Å². The molecule has 0 amide bonds. The van der Waals surface area contributed by atoms with E-state index in [9.17, 15) is 13.6 Å². The number of halogens is 2. The van der Waals surface area contributed by atoms with E-state index in [-0.39, 0.29) is 17.9 Å². The van der Waals surface area contributed by atoms with Gasteiger partial charge in [0.1, 0.15) is 17.3 Å². The minimum atomic E-state index is -0.660. The van der Waals surface area contributed by atoms with E-state index >= 15 is 0 Å². The Balaban J connectivity index is 2.17. The van der Waals surface area contributed by atoms with Crippen LogP contribution in [0.4, 0.5) is 8.78 Å². The number of fused-ring (bicyclic) bond motifs is 1. The summed E-state index contributed by atoms with van der Waals surface area (Å²) in [4.78, 5) is 16.3. The number of ether oxygens (including phenoxy) is 1. The highest BCUT2D eigenvalue weighted by Gasteiger charge is 2.22. The Bertz CT molecular complexity index is 762. The first-order chi connectivity index (χ1) is 11.1. The van der Waals surface area contributed by atoms with Gasteiger partial charge in [0.05, 0.1) is 12.3 Å². The monoisotopic (exact) mass is 318 g/mol. The predicted octanol–water partition coefficient (Wildman–Crippen LogP) is 2.85. The number of carbonyl (C=O) groups is 1. The van der Waals surface area contributed by atoms with Gasteiger partial charge in [0.15, 0.2) is 0 Å². The highest BCUT2D eigenvalue weighted by atomic mass is 19.1. The molecule has 1 aliphatic rings. The van der Waals surface area contributed by atoms with Gasteiger partial charge in [0, 0.05) is 18.2 Å². The van der Waals surface area contributed by atoms with Gasteiger partial charge in [-0.2, -0.15) is 0 Å². The third kappa shape index (κ3) is 3.07. The van der Waals surface area contributed by atoms with Crippen molar-refractivity contribution in [1.82, 2.24) is 10.3 Å². The lowest BCUT2D eigenvalue weighted by atomic mass is 9.93. The number of pyridine rings is 1. The first-order valence-electron chi connectivity index (χ1n) is 7.46. The maximum absolute atomic E-state index is 14.2. The zero-order valence-electron chi connectivity index (χ0n) is 12.7. The van der Waals surface area contributed by atoms with E-state index in [1.165, 1.54) is 18.2 Å². The van der Waals surface area contributed by atoms with Crippen molar-refractivity contribution in [3.8, 4) is 11.1 Å². The Morgan fingerprint density at radius 1 is 1.30 bits per heavy atom. The third-order valence-corrected chi connectivity index (χ3v) is 3.76. The summed E-state index contributed by atoms with van der Waals surface area (Å²) >= 11 is 0. The molecule has 6 heteroatoms. The number of nitrogens with one attached hydrogen (secondary N) is 1. The molecular formula is C17H16F2N2O2. The third-order valence-electron chi connectivity index (χ3n) is 3.76. The van der Waals surface area contributed by atoms with Crippen LogP contribution in [-0.4, -0.2) is 24.1 Å². The molecule has 0 saturated carbocycles. The van der Waals surface area contributed by atoms with Gasteiger partial charge in [-0.25, -0.2) is 18.6 Å². The molecule has 0 saturated heterocycles. The molecular weight excluding hydrogens is 302 g/mol. The van der Waals surface area contributed by atoms with Gasteiger partial charge in [0.2, 0.25) is 0 Å². The fraction of sp³-hybridized carbons (Fsp3) is 0.294. The summed E-state index contributed by atoms with van der Waals surface area (Å²) in [6.45, 7) is 3.18. The summed E-state index contributed by atoms with van der Waals surface area (Å²) in [6, 6.07) is 4.96. The molecule has 23 heavy (non-hydrogen) atoms. The van der Waals surface area contributed by atoms with Crippen molar-refractivity contribution in [2.45, 2.75) is 19.9 Å². The Morgan fingerprint density at radius 3 is 2.87 bits per heavy atom. The quantitative estimate of drug-likeness (QED) is 0.884. The molecule has 0 aliphatic carbocycles. The van der Waals surface area contributed by atoms with Crippen molar-refractivity contribution in [3.05, 3.63) is 52.9 Å². The largest absolute Gasteiger partial charge is 0.461 e. The molecule has 0 unspecified atom stereocenters. The first-order valence-corrected chi connectivity index (χ1v) is 7.46. The molecule has 0 fully saturated rings. The molecule has 4 nitrogen and oxygen atoms in total. The van der Waals surface area contributed by atoms with Crippen LogP contribution in [0.3, 0.4) is 0 Å². The van der Waals surface area contributed by atoms with Crippen LogP contribution in [0.5, 0.6) is 0 Å². The SMILES string of the molecule is CCOC(=O)c1cc(-c2ccc(F)cc2F)c2c(n1)CNCC2. The lowest BCUT2D eigenvalue weighted by Gasteiger charge is -2.21. The second-order valence-corrected chi connectivity index (χ2v) is 5.25. The number of esters is 1. The minimum absolute atomic E-state index is 0.132. The molecule has 0 atom stereocenters. The van der Waals surface area contributed by atoms with Crippen molar-refractivity contribution in [2.75, 3.05) is 13.2 Å². The Kier molecular flexibility index (Phi) is 4.34. The molecule has 120 valence electrons. The van der Waals surface area contributed by atoms with Gasteiger partial charge >= 0.3 is 5.97 Å². The van der Waals surface area contributed by atoms with Crippen molar-refractivity contribution in [2.24, 2.45) is 0 Å². The number of aromatic nitrogens is 1. The van der Waals surface area contributed by atoms with Crippen LogP contribution in [0.25, 0.3) is 11.1 Å². The van der Waals surface area contributed by atoms with Crippen LogP contribution in [0.15, 0.2) is 24.3 Å². The smallest absolute Gasteiger partial charge is 0.356 e. The van der Waals surface area contributed by atoms with Crippen molar-refractivity contribution < 1.29 is 18.3 Å². The average Bonchev–Trinajstić information content (AvgIpc) is 2.54. The fourth-order valence-corrected chi connectivity index (χ4v) is 2.73. The minimum Gasteiger partial charge on any atom is -0.461 e. The maximum atomic E-state index is 14.2. The topological polar surface area (TPSA) is 51.2 Å². The van der Waals surface area contributed by atoms with E-state index in [0.717, 1.165) is 18.2 Å². The summed E-state index contributed by atoms with van der Waals surface area (Å²) in [5.74, 6) is -1.85. The standard InChI is InChI=1S/C17H16F2N2O2/c1-2-23-17(22)15-8-13(11-4-3-10(18)7-14(11)19)12-5-6-20-9-16(12)21-15/h3-4,7-8,20H,2,5-6,9H2,1H3. The van der Waals surface area contributed by atoms with Gasteiger partial charge in [-0.1, -0.05) is 0 Å². The molecule has 0 bridgehead atoms. The van der Waals surface area contributed by atoms with Gasteiger partial charge in [-0.15, -0.1) is 0 Å². The van der Waals surface area contributed by atoms with E-state index in [4.69, 9.17) is 4.74 Å². The molecule has 1 aromatic heterocycles. The van der Waals surface area contributed by atoms with E-state index in [1.807, 2.05) is 0 Å².